The summed E-state index contributed by atoms with van der Waals surface area (Å²) in [6.07, 6.45) is 8.24. The third kappa shape index (κ3) is 4.22. The first kappa shape index (κ1) is 12.9. The fourth-order valence-corrected chi connectivity index (χ4v) is 2.97. The van der Waals surface area contributed by atoms with E-state index >= 15 is 0 Å². The Morgan fingerprint density at radius 1 is 1.17 bits per heavy atom. The molecule has 0 aromatic rings. The van der Waals surface area contributed by atoms with Gasteiger partial charge in [0.15, 0.2) is 0 Å². The van der Waals surface area contributed by atoms with Gasteiger partial charge in [-0.2, -0.15) is 0 Å². The average Bonchev–Trinajstić information content (AvgIpc) is 3.22. The van der Waals surface area contributed by atoms with Crippen LogP contribution in [0.4, 0.5) is 0 Å². The van der Waals surface area contributed by atoms with Crippen molar-refractivity contribution in [3.05, 3.63) is 0 Å². The fraction of sp³-hybridized carbons (Fsp3) is 1.00. The molecule has 3 aliphatic rings. The number of ether oxygens (including phenoxy) is 1. The summed E-state index contributed by atoms with van der Waals surface area (Å²) in [6, 6.07) is 0.778. The summed E-state index contributed by atoms with van der Waals surface area (Å²) in [5.41, 5.74) is 0. The van der Waals surface area contributed by atoms with Crippen LogP contribution in [-0.2, 0) is 4.74 Å². The predicted molar refractivity (Wildman–Crippen MR) is 73.7 cm³/mol. The molecule has 1 N–H and O–H groups in total. The normalized spacial score (nSPS) is 30.3. The standard InChI is InChI=1S/C15H28N2O/c1-7-16-15(14-5-6-14)11-17(8-1)9-2-10-18-12-13-3-4-13/h13-16H,1-12H2. The molecular formula is C15H28N2O. The van der Waals surface area contributed by atoms with Gasteiger partial charge < -0.3 is 15.0 Å². The molecule has 1 unspecified atom stereocenters. The van der Waals surface area contributed by atoms with Crippen LogP contribution in [0.2, 0.25) is 0 Å². The molecular weight excluding hydrogens is 224 g/mol. The van der Waals surface area contributed by atoms with Gasteiger partial charge in [0.1, 0.15) is 0 Å². The maximum absolute atomic E-state index is 5.72. The number of rotatable bonds is 7. The van der Waals surface area contributed by atoms with Crippen LogP contribution in [-0.4, -0.2) is 50.3 Å². The van der Waals surface area contributed by atoms with Crippen LogP contribution in [0.15, 0.2) is 0 Å². The molecule has 0 spiro atoms. The van der Waals surface area contributed by atoms with Crippen molar-refractivity contribution in [1.82, 2.24) is 10.2 Å². The Labute approximate surface area is 111 Å². The van der Waals surface area contributed by atoms with Crippen LogP contribution < -0.4 is 5.32 Å². The van der Waals surface area contributed by atoms with Gasteiger partial charge in [-0.05, 0) is 63.5 Å². The number of hydrogen-bond donors (Lipinski definition) is 1. The highest BCUT2D eigenvalue weighted by Crippen LogP contribution is 2.33. The van der Waals surface area contributed by atoms with Crippen LogP contribution >= 0.6 is 0 Å². The molecule has 104 valence electrons. The zero-order valence-electron chi connectivity index (χ0n) is 11.6. The molecule has 0 amide bonds. The van der Waals surface area contributed by atoms with E-state index in [2.05, 4.69) is 10.2 Å². The van der Waals surface area contributed by atoms with Crippen molar-refractivity contribution < 1.29 is 4.74 Å². The van der Waals surface area contributed by atoms with E-state index in [-0.39, 0.29) is 0 Å². The second-order valence-electron chi connectivity index (χ2n) is 6.42. The molecule has 0 bridgehead atoms. The summed E-state index contributed by atoms with van der Waals surface area (Å²) < 4.78 is 5.72. The minimum atomic E-state index is 0.778. The molecule has 1 heterocycles. The smallest absolute Gasteiger partial charge is 0.0494 e. The van der Waals surface area contributed by atoms with Crippen molar-refractivity contribution >= 4 is 0 Å². The Balaban J connectivity index is 1.29. The molecule has 2 saturated carbocycles. The number of hydrogen-bond acceptors (Lipinski definition) is 3. The van der Waals surface area contributed by atoms with Gasteiger partial charge in [0, 0.05) is 32.3 Å². The molecule has 18 heavy (non-hydrogen) atoms. The first-order valence-corrected chi connectivity index (χ1v) is 7.95. The molecule has 3 heteroatoms. The van der Waals surface area contributed by atoms with Gasteiger partial charge in [-0.3, -0.25) is 0 Å². The van der Waals surface area contributed by atoms with Gasteiger partial charge in [-0.15, -0.1) is 0 Å². The van der Waals surface area contributed by atoms with Crippen LogP contribution in [0.5, 0.6) is 0 Å². The van der Waals surface area contributed by atoms with E-state index in [0.29, 0.717) is 0 Å². The van der Waals surface area contributed by atoms with Gasteiger partial charge in [0.25, 0.3) is 0 Å². The summed E-state index contributed by atoms with van der Waals surface area (Å²) >= 11 is 0. The van der Waals surface area contributed by atoms with E-state index in [1.54, 1.807) is 0 Å². The Morgan fingerprint density at radius 2 is 2.06 bits per heavy atom. The Bertz CT molecular complexity index is 251. The maximum atomic E-state index is 5.72. The maximum Gasteiger partial charge on any atom is 0.0494 e. The Kier molecular flexibility index (Phi) is 4.55. The lowest BCUT2D eigenvalue weighted by atomic mass is 10.2. The molecule has 0 radical (unpaired) electrons. The van der Waals surface area contributed by atoms with Crippen molar-refractivity contribution in [2.24, 2.45) is 11.8 Å². The summed E-state index contributed by atoms with van der Waals surface area (Å²) in [5.74, 6) is 1.89. The van der Waals surface area contributed by atoms with E-state index in [4.69, 9.17) is 4.74 Å². The first-order valence-electron chi connectivity index (χ1n) is 7.95. The van der Waals surface area contributed by atoms with Crippen molar-refractivity contribution in [3.8, 4) is 0 Å². The molecule has 3 fully saturated rings. The lowest BCUT2D eigenvalue weighted by Crippen LogP contribution is -2.39. The van der Waals surface area contributed by atoms with Crippen molar-refractivity contribution in [1.29, 1.82) is 0 Å². The lowest BCUT2D eigenvalue weighted by Gasteiger charge is -2.24. The van der Waals surface area contributed by atoms with E-state index in [9.17, 15) is 0 Å². The van der Waals surface area contributed by atoms with Gasteiger partial charge >= 0.3 is 0 Å². The average molecular weight is 252 g/mol. The second-order valence-corrected chi connectivity index (χ2v) is 6.42. The summed E-state index contributed by atoms with van der Waals surface area (Å²) in [6.45, 7) is 6.98. The Morgan fingerprint density at radius 3 is 2.83 bits per heavy atom. The molecule has 0 aromatic heterocycles. The number of nitrogens with one attached hydrogen (secondary N) is 1. The Hall–Kier alpha value is -0.120. The predicted octanol–water partition coefficient (Wildman–Crippen LogP) is 1.88. The second kappa shape index (κ2) is 6.36. The highest BCUT2D eigenvalue weighted by molar-refractivity contribution is 4.89. The monoisotopic (exact) mass is 252 g/mol. The molecule has 3 nitrogen and oxygen atoms in total. The van der Waals surface area contributed by atoms with Crippen molar-refractivity contribution in [3.63, 3.8) is 0 Å². The SMILES string of the molecule is C1CNC(C2CC2)CN(CCCOCC2CC2)C1. The van der Waals surface area contributed by atoms with Gasteiger partial charge in [-0.25, -0.2) is 0 Å². The molecule has 0 aromatic carbocycles. The minimum absolute atomic E-state index is 0.778. The largest absolute Gasteiger partial charge is 0.381 e. The summed E-state index contributed by atoms with van der Waals surface area (Å²) in [7, 11) is 0. The summed E-state index contributed by atoms with van der Waals surface area (Å²) in [4.78, 5) is 2.66. The highest BCUT2D eigenvalue weighted by Gasteiger charge is 2.32. The van der Waals surface area contributed by atoms with Gasteiger partial charge in [0.05, 0.1) is 0 Å². The quantitative estimate of drug-likeness (QED) is 0.700. The van der Waals surface area contributed by atoms with E-state index in [1.165, 1.54) is 64.7 Å². The van der Waals surface area contributed by atoms with Crippen LogP contribution in [0.25, 0.3) is 0 Å². The van der Waals surface area contributed by atoms with Crippen LogP contribution in [0.3, 0.4) is 0 Å². The zero-order valence-corrected chi connectivity index (χ0v) is 11.6. The van der Waals surface area contributed by atoms with Gasteiger partial charge in [-0.1, -0.05) is 0 Å². The lowest BCUT2D eigenvalue weighted by molar-refractivity contribution is 0.111. The third-order valence-corrected chi connectivity index (χ3v) is 4.52. The molecule has 2 aliphatic carbocycles. The number of nitrogens with zero attached hydrogens (tertiary/aromatic N) is 1. The highest BCUT2D eigenvalue weighted by atomic mass is 16.5. The van der Waals surface area contributed by atoms with E-state index in [1.807, 2.05) is 0 Å². The minimum Gasteiger partial charge on any atom is -0.381 e. The first-order chi connectivity index (χ1) is 8.92. The molecule has 1 atom stereocenters. The van der Waals surface area contributed by atoms with Crippen molar-refractivity contribution in [2.75, 3.05) is 39.4 Å². The topological polar surface area (TPSA) is 24.5 Å². The third-order valence-electron chi connectivity index (χ3n) is 4.52. The molecule has 1 saturated heterocycles. The zero-order chi connectivity index (χ0) is 12.2. The van der Waals surface area contributed by atoms with Gasteiger partial charge in [0.2, 0.25) is 0 Å². The van der Waals surface area contributed by atoms with E-state index < -0.39 is 0 Å². The van der Waals surface area contributed by atoms with E-state index in [0.717, 1.165) is 31.1 Å². The fourth-order valence-electron chi connectivity index (χ4n) is 2.97. The molecule has 1 aliphatic heterocycles. The van der Waals surface area contributed by atoms with Crippen LogP contribution in [0.1, 0.15) is 38.5 Å². The van der Waals surface area contributed by atoms with Crippen LogP contribution in [0, 0.1) is 11.8 Å². The summed E-state index contributed by atoms with van der Waals surface area (Å²) in [5, 5.41) is 3.73. The molecule has 3 rings (SSSR count). The van der Waals surface area contributed by atoms with Crippen molar-refractivity contribution in [2.45, 2.75) is 44.6 Å².